The van der Waals surface area contributed by atoms with E-state index < -0.39 is 11.9 Å². The number of hydrogen-bond donors (Lipinski definition) is 1. The van der Waals surface area contributed by atoms with E-state index in [4.69, 9.17) is 5.11 Å². The van der Waals surface area contributed by atoms with Crippen LogP contribution in [0.5, 0.6) is 0 Å². The number of carbonyl (C=O) groups is 2. The second-order valence-electron chi connectivity index (χ2n) is 4.25. The highest BCUT2D eigenvalue weighted by molar-refractivity contribution is 6.08. The van der Waals surface area contributed by atoms with Crippen LogP contribution in [0.1, 0.15) is 34.3 Å². The van der Waals surface area contributed by atoms with Crippen LogP contribution in [0.4, 0.5) is 0 Å². The van der Waals surface area contributed by atoms with E-state index in [1.54, 1.807) is 49.5 Å². The van der Waals surface area contributed by atoms with Crippen molar-refractivity contribution in [2.24, 2.45) is 0 Å². The maximum atomic E-state index is 12.1. The fourth-order valence-electron chi connectivity index (χ4n) is 1.73. The lowest BCUT2D eigenvalue weighted by Gasteiger charge is -2.07. The Morgan fingerprint density at radius 3 is 2.25 bits per heavy atom. The highest BCUT2D eigenvalue weighted by Gasteiger charge is 2.14. The van der Waals surface area contributed by atoms with Crippen LogP contribution in [-0.2, 0) is 4.79 Å². The summed E-state index contributed by atoms with van der Waals surface area (Å²) in [6.45, 7) is 1.61. The number of halogens is 1. The Balaban J connectivity index is 0.00000200. The number of benzene rings is 1. The summed E-state index contributed by atoms with van der Waals surface area (Å²) < 4.78 is 0. The summed E-state index contributed by atoms with van der Waals surface area (Å²) >= 11 is 0. The number of hydrogen-bond acceptors (Lipinski definition) is 3. The van der Waals surface area contributed by atoms with E-state index >= 15 is 0 Å². The van der Waals surface area contributed by atoms with Crippen LogP contribution in [0.25, 0.3) is 0 Å². The van der Waals surface area contributed by atoms with E-state index in [0.717, 1.165) is 0 Å². The highest BCUT2D eigenvalue weighted by atomic mass is 35.5. The molecule has 1 heterocycles. The van der Waals surface area contributed by atoms with Crippen molar-refractivity contribution in [2.75, 3.05) is 0 Å². The van der Waals surface area contributed by atoms with E-state index in [2.05, 4.69) is 4.98 Å². The largest absolute Gasteiger partial charge is 0.481 e. The molecule has 0 aliphatic carbocycles. The fourth-order valence-corrected chi connectivity index (χ4v) is 1.73. The first-order chi connectivity index (χ1) is 9.09. The molecule has 0 radical (unpaired) electrons. The molecule has 1 atom stereocenters. The first kappa shape index (κ1) is 15.9. The minimum absolute atomic E-state index is 0. The molecule has 1 aromatic heterocycles. The number of carboxylic acid groups (broad SMARTS) is 1. The SMILES string of the molecule is CC(C(=O)O)c1ccc(C(=O)c2cccnc2)cc1.Cl. The Bertz CT molecular complexity index is 596. The van der Waals surface area contributed by atoms with Gasteiger partial charge in [-0.1, -0.05) is 24.3 Å². The molecule has 4 nitrogen and oxygen atoms in total. The molecular weight excluding hydrogens is 278 g/mol. The van der Waals surface area contributed by atoms with Crippen molar-refractivity contribution < 1.29 is 14.7 Å². The molecule has 0 aliphatic heterocycles. The summed E-state index contributed by atoms with van der Waals surface area (Å²) in [5.74, 6) is -1.59. The van der Waals surface area contributed by atoms with Gasteiger partial charge in [-0.2, -0.15) is 0 Å². The van der Waals surface area contributed by atoms with E-state index in [9.17, 15) is 9.59 Å². The van der Waals surface area contributed by atoms with E-state index in [1.165, 1.54) is 6.20 Å². The number of carbonyl (C=O) groups excluding carboxylic acids is 1. The number of ketones is 1. The van der Waals surface area contributed by atoms with Crippen LogP contribution in [0, 0.1) is 0 Å². The summed E-state index contributed by atoms with van der Waals surface area (Å²) in [5.41, 5.74) is 1.71. The molecule has 1 aromatic carbocycles. The van der Waals surface area contributed by atoms with Crippen molar-refractivity contribution >= 4 is 24.2 Å². The number of rotatable bonds is 4. The van der Waals surface area contributed by atoms with Crippen LogP contribution < -0.4 is 0 Å². The van der Waals surface area contributed by atoms with Crippen molar-refractivity contribution in [3.05, 3.63) is 65.5 Å². The van der Waals surface area contributed by atoms with Crippen LogP contribution >= 0.6 is 12.4 Å². The molecule has 5 heteroatoms. The Hall–Kier alpha value is -2.20. The molecule has 0 bridgehead atoms. The highest BCUT2D eigenvalue weighted by Crippen LogP contribution is 2.17. The smallest absolute Gasteiger partial charge is 0.310 e. The van der Waals surface area contributed by atoms with Gasteiger partial charge in [0.05, 0.1) is 5.92 Å². The molecule has 2 aromatic rings. The van der Waals surface area contributed by atoms with Crippen molar-refractivity contribution in [2.45, 2.75) is 12.8 Å². The topological polar surface area (TPSA) is 67.3 Å². The van der Waals surface area contributed by atoms with Crippen LogP contribution in [-0.4, -0.2) is 21.8 Å². The lowest BCUT2D eigenvalue weighted by molar-refractivity contribution is -0.138. The van der Waals surface area contributed by atoms with Gasteiger partial charge in [0, 0.05) is 23.5 Å². The van der Waals surface area contributed by atoms with E-state index in [-0.39, 0.29) is 18.2 Å². The molecule has 1 N–H and O–H groups in total. The van der Waals surface area contributed by atoms with Gasteiger partial charge in [0.15, 0.2) is 5.78 Å². The predicted molar refractivity (Wildman–Crippen MR) is 77.4 cm³/mol. The second kappa shape index (κ2) is 6.82. The Kier molecular flexibility index (Phi) is 5.41. The second-order valence-corrected chi connectivity index (χ2v) is 4.25. The molecule has 20 heavy (non-hydrogen) atoms. The molecule has 0 fully saturated rings. The van der Waals surface area contributed by atoms with Gasteiger partial charge in [0.1, 0.15) is 0 Å². The molecule has 104 valence electrons. The van der Waals surface area contributed by atoms with Crippen molar-refractivity contribution in [1.29, 1.82) is 0 Å². The van der Waals surface area contributed by atoms with Gasteiger partial charge < -0.3 is 5.11 Å². The average Bonchev–Trinajstić information content (AvgIpc) is 2.46. The number of aromatic nitrogens is 1. The van der Waals surface area contributed by atoms with Gasteiger partial charge in [-0.05, 0) is 24.6 Å². The number of pyridine rings is 1. The first-order valence-electron chi connectivity index (χ1n) is 5.87. The molecule has 0 saturated carbocycles. The molecule has 0 aliphatic rings. The fraction of sp³-hybridized carbons (Fsp3) is 0.133. The molecule has 0 spiro atoms. The van der Waals surface area contributed by atoms with Crippen LogP contribution in [0.15, 0.2) is 48.8 Å². The normalized spacial score (nSPS) is 11.2. The summed E-state index contributed by atoms with van der Waals surface area (Å²) in [4.78, 5) is 26.9. The average molecular weight is 292 g/mol. The molecule has 2 rings (SSSR count). The van der Waals surface area contributed by atoms with Gasteiger partial charge in [-0.15, -0.1) is 12.4 Å². The standard InChI is InChI=1S/C15H13NO3.ClH/c1-10(15(18)19)11-4-6-12(7-5-11)14(17)13-3-2-8-16-9-13;/h2-10H,1H3,(H,18,19);1H. The monoisotopic (exact) mass is 291 g/mol. The Morgan fingerprint density at radius 2 is 1.75 bits per heavy atom. The molecule has 0 saturated heterocycles. The van der Waals surface area contributed by atoms with E-state index in [1.807, 2.05) is 0 Å². The Morgan fingerprint density at radius 1 is 1.10 bits per heavy atom. The van der Waals surface area contributed by atoms with Gasteiger partial charge >= 0.3 is 5.97 Å². The summed E-state index contributed by atoms with van der Waals surface area (Å²) in [5, 5.41) is 8.92. The molecule has 0 amide bonds. The third kappa shape index (κ3) is 3.42. The zero-order valence-electron chi connectivity index (χ0n) is 10.8. The lowest BCUT2D eigenvalue weighted by Crippen LogP contribution is -2.08. The maximum absolute atomic E-state index is 12.1. The van der Waals surface area contributed by atoms with Gasteiger partial charge in [0.25, 0.3) is 0 Å². The first-order valence-corrected chi connectivity index (χ1v) is 5.87. The minimum Gasteiger partial charge on any atom is -0.481 e. The molecular formula is C15H14ClNO3. The lowest BCUT2D eigenvalue weighted by atomic mass is 9.97. The van der Waals surface area contributed by atoms with Crippen molar-refractivity contribution in [1.82, 2.24) is 4.98 Å². The zero-order valence-corrected chi connectivity index (χ0v) is 11.6. The summed E-state index contributed by atoms with van der Waals surface area (Å²) in [7, 11) is 0. The summed E-state index contributed by atoms with van der Waals surface area (Å²) in [6, 6.07) is 10.0. The number of nitrogens with zero attached hydrogens (tertiary/aromatic N) is 1. The van der Waals surface area contributed by atoms with E-state index in [0.29, 0.717) is 16.7 Å². The molecule has 1 unspecified atom stereocenters. The number of carboxylic acids is 1. The van der Waals surface area contributed by atoms with Crippen LogP contribution in [0.2, 0.25) is 0 Å². The Labute approximate surface area is 122 Å². The predicted octanol–water partition coefficient (Wildman–Crippen LogP) is 2.92. The van der Waals surface area contributed by atoms with Crippen molar-refractivity contribution in [3.63, 3.8) is 0 Å². The third-order valence-electron chi connectivity index (χ3n) is 2.97. The van der Waals surface area contributed by atoms with Crippen molar-refractivity contribution in [3.8, 4) is 0 Å². The third-order valence-corrected chi connectivity index (χ3v) is 2.97. The summed E-state index contributed by atoms with van der Waals surface area (Å²) in [6.07, 6.45) is 3.12. The van der Waals surface area contributed by atoms with Gasteiger partial charge in [0.2, 0.25) is 0 Å². The number of aliphatic carboxylic acids is 1. The quantitative estimate of drug-likeness (QED) is 0.880. The zero-order chi connectivity index (χ0) is 13.8. The van der Waals surface area contributed by atoms with Gasteiger partial charge in [-0.25, -0.2) is 0 Å². The maximum Gasteiger partial charge on any atom is 0.310 e. The minimum atomic E-state index is -0.883. The van der Waals surface area contributed by atoms with Crippen LogP contribution in [0.3, 0.4) is 0 Å². The van der Waals surface area contributed by atoms with Gasteiger partial charge in [-0.3, -0.25) is 14.6 Å².